The number of likely N-dealkylation sites (tertiary alicyclic amines) is 1. The van der Waals surface area contributed by atoms with Crippen LogP contribution < -0.4 is 5.32 Å². The van der Waals surface area contributed by atoms with Crippen molar-refractivity contribution in [2.24, 2.45) is 0 Å². The van der Waals surface area contributed by atoms with E-state index in [9.17, 15) is 19.6 Å². The van der Waals surface area contributed by atoms with Crippen molar-refractivity contribution in [3.05, 3.63) is 35.4 Å². The Morgan fingerprint density at radius 3 is 2.46 bits per heavy atom. The minimum atomic E-state index is -0.837. The van der Waals surface area contributed by atoms with E-state index in [4.69, 9.17) is 4.74 Å². The van der Waals surface area contributed by atoms with Crippen molar-refractivity contribution in [3.8, 4) is 6.07 Å². The van der Waals surface area contributed by atoms with Crippen LogP contribution in [0.4, 0.5) is 0 Å². The Morgan fingerprint density at radius 2 is 1.86 bits per heavy atom. The molecule has 2 aliphatic rings. The number of nitrogens with zero attached hydrogens (tertiary/aromatic N) is 2. The third-order valence-electron chi connectivity index (χ3n) is 5.37. The van der Waals surface area contributed by atoms with Crippen molar-refractivity contribution < 1.29 is 19.1 Å². The maximum atomic E-state index is 12.2. The summed E-state index contributed by atoms with van der Waals surface area (Å²) in [7, 11) is 0. The van der Waals surface area contributed by atoms with Crippen LogP contribution in [0.2, 0.25) is 0 Å². The first-order chi connectivity index (χ1) is 13.5. The van der Waals surface area contributed by atoms with Gasteiger partial charge in [-0.25, -0.2) is 4.79 Å². The number of esters is 1. The number of hydrogen-bond donors (Lipinski definition) is 1. The standard InChI is InChI=1S/C21H25N3O4/c22-15-21(10-2-1-3-11-21)23-18(25)14-28-20(27)17-8-6-16(7-9-17)13-24-12-4-5-19(24)26/h6-9H,1-5,10-14H2,(H,23,25). The van der Waals surface area contributed by atoms with E-state index in [-0.39, 0.29) is 5.91 Å². The Morgan fingerprint density at radius 1 is 1.14 bits per heavy atom. The Bertz CT molecular complexity index is 776. The lowest BCUT2D eigenvalue weighted by molar-refractivity contribution is -0.128. The van der Waals surface area contributed by atoms with E-state index in [0.717, 1.165) is 37.8 Å². The monoisotopic (exact) mass is 383 g/mol. The van der Waals surface area contributed by atoms with E-state index in [1.54, 1.807) is 29.2 Å². The first-order valence-corrected chi connectivity index (χ1v) is 9.77. The molecule has 7 heteroatoms. The lowest BCUT2D eigenvalue weighted by Crippen LogP contribution is -2.50. The number of rotatable bonds is 6. The molecule has 28 heavy (non-hydrogen) atoms. The van der Waals surface area contributed by atoms with Gasteiger partial charge in [-0.05, 0) is 37.0 Å². The molecule has 148 valence electrons. The SMILES string of the molecule is N#CC1(NC(=O)COC(=O)c2ccc(CN3CCCC3=O)cc2)CCCCC1. The molecule has 2 amide bonds. The molecule has 1 saturated carbocycles. The molecule has 1 heterocycles. The second-order valence-electron chi connectivity index (χ2n) is 7.49. The molecule has 1 N–H and O–H groups in total. The fourth-order valence-electron chi connectivity index (χ4n) is 3.78. The molecule has 0 spiro atoms. The average Bonchev–Trinajstić information content (AvgIpc) is 3.12. The van der Waals surface area contributed by atoms with Gasteiger partial charge in [0, 0.05) is 19.5 Å². The van der Waals surface area contributed by atoms with Crippen LogP contribution in [0.25, 0.3) is 0 Å². The van der Waals surface area contributed by atoms with Crippen LogP contribution in [0.5, 0.6) is 0 Å². The van der Waals surface area contributed by atoms with Crippen LogP contribution in [0.1, 0.15) is 60.9 Å². The first-order valence-electron chi connectivity index (χ1n) is 9.77. The smallest absolute Gasteiger partial charge is 0.338 e. The Hall–Kier alpha value is -2.88. The molecular weight excluding hydrogens is 358 g/mol. The number of nitrogens with one attached hydrogen (secondary N) is 1. The van der Waals surface area contributed by atoms with Gasteiger partial charge in [0.1, 0.15) is 5.54 Å². The molecule has 1 saturated heterocycles. The van der Waals surface area contributed by atoms with Crippen LogP contribution in [-0.4, -0.2) is 41.4 Å². The summed E-state index contributed by atoms with van der Waals surface area (Å²) in [5, 5.41) is 12.1. The molecule has 3 rings (SSSR count). The molecule has 0 bridgehead atoms. The van der Waals surface area contributed by atoms with E-state index in [0.29, 0.717) is 31.4 Å². The van der Waals surface area contributed by atoms with E-state index in [1.165, 1.54) is 0 Å². The molecule has 0 unspecified atom stereocenters. The highest BCUT2D eigenvalue weighted by Gasteiger charge is 2.33. The zero-order valence-electron chi connectivity index (χ0n) is 15.9. The zero-order chi connectivity index (χ0) is 20.0. The summed E-state index contributed by atoms with van der Waals surface area (Å²) in [6.07, 6.45) is 5.62. The predicted octanol–water partition coefficient (Wildman–Crippen LogP) is 2.31. The molecule has 0 radical (unpaired) electrons. The van der Waals surface area contributed by atoms with Gasteiger partial charge in [0.2, 0.25) is 5.91 Å². The molecule has 1 aliphatic heterocycles. The minimum Gasteiger partial charge on any atom is -0.452 e. The maximum Gasteiger partial charge on any atom is 0.338 e. The number of ether oxygens (including phenoxy) is 1. The molecule has 1 aromatic rings. The van der Waals surface area contributed by atoms with Gasteiger partial charge in [-0.2, -0.15) is 5.26 Å². The Balaban J connectivity index is 1.48. The zero-order valence-corrected chi connectivity index (χ0v) is 15.9. The first kappa shape index (κ1) is 19.9. The fourth-order valence-corrected chi connectivity index (χ4v) is 3.78. The summed E-state index contributed by atoms with van der Waals surface area (Å²) in [6, 6.07) is 9.05. The molecule has 0 aromatic heterocycles. The van der Waals surface area contributed by atoms with Gasteiger partial charge in [0.15, 0.2) is 6.61 Å². The highest BCUT2D eigenvalue weighted by Crippen LogP contribution is 2.27. The third kappa shape index (κ3) is 4.89. The molecule has 7 nitrogen and oxygen atoms in total. The normalized spacial score (nSPS) is 18.4. The van der Waals surface area contributed by atoms with Gasteiger partial charge in [0.05, 0.1) is 11.6 Å². The minimum absolute atomic E-state index is 0.155. The van der Waals surface area contributed by atoms with Crippen LogP contribution in [0.3, 0.4) is 0 Å². The Kier molecular flexibility index (Phi) is 6.30. The van der Waals surface area contributed by atoms with Crippen LogP contribution in [0.15, 0.2) is 24.3 Å². The molecule has 1 aliphatic carbocycles. The number of carbonyl (C=O) groups excluding carboxylic acids is 3. The van der Waals surface area contributed by atoms with Crippen molar-refractivity contribution in [1.82, 2.24) is 10.2 Å². The highest BCUT2D eigenvalue weighted by atomic mass is 16.5. The molecule has 1 aromatic carbocycles. The van der Waals surface area contributed by atoms with Crippen LogP contribution in [-0.2, 0) is 20.9 Å². The number of hydrogen-bond acceptors (Lipinski definition) is 5. The number of carbonyl (C=O) groups is 3. The third-order valence-corrected chi connectivity index (χ3v) is 5.37. The summed E-state index contributed by atoms with van der Waals surface area (Å²) in [5.74, 6) is -0.892. The summed E-state index contributed by atoms with van der Waals surface area (Å²) in [6.45, 7) is 0.890. The van der Waals surface area contributed by atoms with E-state index in [2.05, 4.69) is 11.4 Å². The van der Waals surface area contributed by atoms with E-state index < -0.39 is 24.0 Å². The van der Waals surface area contributed by atoms with Gasteiger partial charge < -0.3 is 15.0 Å². The number of amides is 2. The fraction of sp³-hybridized carbons (Fsp3) is 0.524. The molecule has 0 atom stereocenters. The lowest BCUT2D eigenvalue weighted by Gasteiger charge is -2.31. The lowest BCUT2D eigenvalue weighted by atomic mass is 9.83. The Labute approximate surface area is 164 Å². The van der Waals surface area contributed by atoms with Gasteiger partial charge in [-0.15, -0.1) is 0 Å². The van der Waals surface area contributed by atoms with Crippen LogP contribution in [0, 0.1) is 11.3 Å². The largest absolute Gasteiger partial charge is 0.452 e. The molecule has 2 fully saturated rings. The maximum absolute atomic E-state index is 12.2. The summed E-state index contributed by atoms with van der Waals surface area (Å²) in [5.41, 5.74) is 0.450. The van der Waals surface area contributed by atoms with Crippen molar-refractivity contribution >= 4 is 17.8 Å². The quantitative estimate of drug-likeness (QED) is 0.760. The second-order valence-corrected chi connectivity index (χ2v) is 7.49. The van der Waals surface area contributed by atoms with Crippen molar-refractivity contribution in [2.75, 3.05) is 13.2 Å². The number of nitriles is 1. The summed E-state index contributed by atoms with van der Waals surface area (Å²) < 4.78 is 5.09. The van der Waals surface area contributed by atoms with Crippen molar-refractivity contribution in [1.29, 1.82) is 5.26 Å². The summed E-state index contributed by atoms with van der Waals surface area (Å²) in [4.78, 5) is 37.8. The second kappa shape index (κ2) is 8.87. The highest BCUT2D eigenvalue weighted by molar-refractivity contribution is 5.91. The van der Waals surface area contributed by atoms with Gasteiger partial charge >= 0.3 is 5.97 Å². The predicted molar refractivity (Wildman–Crippen MR) is 101 cm³/mol. The number of benzene rings is 1. The average molecular weight is 383 g/mol. The van der Waals surface area contributed by atoms with E-state index >= 15 is 0 Å². The molecular formula is C21H25N3O4. The van der Waals surface area contributed by atoms with Gasteiger partial charge in [0.25, 0.3) is 5.91 Å². The summed E-state index contributed by atoms with van der Waals surface area (Å²) >= 11 is 0. The van der Waals surface area contributed by atoms with Crippen molar-refractivity contribution in [3.63, 3.8) is 0 Å². The van der Waals surface area contributed by atoms with Gasteiger partial charge in [-0.1, -0.05) is 31.4 Å². The van der Waals surface area contributed by atoms with Gasteiger partial charge in [-0.3, -0.25) is 9.59 Å². The van der Waals surface area contributed by atoms with Crippen LogP contribution >= 0.6 is 0 Å². The van der Waals surface area contributed by atoms with Crippen molar-refractivity contribution in [2.45, 2.75) is 57.0 Å². The topological polar surface area (TPSA) is 99.5 Å². The van der Waals surface area contributed by atoms with E-state index in [1.807, 2.05) is 0 Å².